The highest BCUT2D eigenvalue weighted by atomic mass is 16.3. The van der Waals surface area contributed by atoms with Crippen molar-refractivity contribution in [3.8, 4) is 0 Å². The lowest BCUT2D eigenvalue weighted by Crippen LogP contribution is -2.35. The third-order valence-corrected chi connectivity index (χ3v) is 4.26. The first-order valence-corrected chi connectivity index (χ1v) is 7.70. The van der Waals surface area contributed by atoms with Crippen LogP contribution < -0.4 is 0 Å². The van der Waals surface area contributed by atoms with Gasteiger partial charge in [-0.3, -0.25) is 0 Å². The van der Waals surface area contributed by atoms with E-state index in [4.69, 9.17) is 0 Å². The van der Waals surface area contributed by atoms with Gasteiger partial charge >= 0.3 is 0 Å². The minimum atomic E-state index is -0.340. The van der Waals surface area contributed by atoms with Crippen LogP contribution in [-0.4, -0.2) is 29.6 Å². The lowest BCUT2D eigenvalue weighted by atomic mass is 9.95. The highest BCUT2D eigenvalue weighted by molar-refractivity contribution is 5.24. The topological polar surface area (TPSA) is 23.5 Å². The smallest absolute Gasteiger partial charge is 0.0827 e. The Hall–Kier alpha value is -0.860. The number of aliphatic hydroxyl groups excluding tert-OH is 1. The van der Waals surface area contributed by atoms with E-state index in [0.717, 1.165) is 18.5 Å². The summed E-state index contributed by atoms with van der Waals surface area (Å²) in [5, 5.41) is 10.5. The van der Waals surface area contributed by atoms with Crippen LogP contribution in [0, 0.1) is 5.92 Å². The van der Waals surface area contributed by atoms with Gasteiger partial charge in [-0.25, -0.2) is 0 Å². The van der Waals surface area contributed by atoms with Gasteiger partial charge in [-0.1, -0.05) is 44.5 Å². The van der Waals surface area contributed by atoms with Gasteiger partial charge < -0.3 is 10.0 Å². The van der Waals surface area contributed by atoms with Gasteiger partial charge in [0.15, 0.2) is 0 Å². The molecule has 19 heavy (non-hydrogen) atoms. The molecular formula is C17H27NO. The Labute approximate surface area is 117 Å². The Bertz CT molecular complexity index is 367. The van der Waals surface area contributed by atoms with E-state index in [1.807, 2.05) is 0 Å². The molecule has 0 aromatic heterocycles. The highest BCUT2D eigenvalue weighted by Gasteiger charge is 2.20. The number of benzene rings is 1. The highest BCUT2D eigenvalue weighted by Crippen LogP contribution is 2.24. The lowest BCUT2D eigenvalue weighted by molar-refractivity contribution is 0.0820. The molecule has 2 rings (SSSR count). The Morgan fingerprint density at radius 1 is 1.11 bits per heavy atom. The van der Waals surface area contributed by atoms with E-state index in [2.05, 4.69) is 43.0 Å². The molecule has 0 spiro atoms. The molecule has 0 bridgehead atoms. The van der Waals surface area contributed by atoms with Gasteiger partial charge in [0.05, 0.1) is 6.10 Å². The summed E-state index contributed by atoms with van der Waals surface area (Å²) in [4.78, 5) is 2.50. The average molecular weight is 261 g/mol. The summed E-state index contributed by atoms with van der Waals surface area (Å²) in [6.07, 6.45) is 4.71. The second-order valence-electron chi connectivity index (χ2n) is 5.88. The van der Waals surface area contributed by atoms with Crippen LogP contribution in [0.25, 0.3) is 0 Å². The predicted octanol–water partition coefficient (Wildman–Crippen LogP) is 3.40. The van der Waals surface area contributed by atoms with Gasteiger partial charge in [-0.15, -0.1) is 0 Å². The molecule has 2 atom stereocenters. The molecule has 0 amide bonds. The van der Waals surface area contributed by atoms with Crippen molar-refractivity contribution in [1.29, 1.82) is 0 Å². The second kappa shape index (κ2) is 7.06. The maximum atomic E-state index is 10.5. The molecule has 1 fully saturated rings. The Kier molecular flexibility index (Phi) is 5.41. The van der Waals surface area contributed by atoms with Crippen LogP contribution >= 0.6 is 0 Å². The van der Waals surface area contributed by atoms with E-state index in [9.17, 15) is 5.11 Å². The molecule has 2 unspecified atom stereocenters. The monoisotopic (exact) mass is 261 g/mol. The fourth-order valence-electron chi connectivity index (χ4n) is 2.93. The number of aryl methyl sites for hydroxylation is 1. The van der Waals surface area contributed by atoms with Crippen molar-refractivity contribution >= 4 is 0 Å². The molecule has 0 radical (unpaired) electrons. The molecular weight excluding hydrogens is 234 g/mol. The van der Waals surface area contributed by atoms with Gasteiger partial charge in [-0.2, -0.15) is 0 Å². The summed E-state index contributed by atoms with van der Waals surface area (Å²) in [6.45, 7) is 7.73. The quantitative estimate of drug-likeness (QED) is 0.878. The third kappa shape index (κ3) is 4.05. The van der Waals surface area contributed by atoms with E-state index in [1.54, 1.807) is 0 Å². The summed E-state index contributed by atoms with van der Waals surface area (Å²) < 4.78 is 0. The average Bonchev–Trinajstić information content (AvgIpc) is 2.47. The Morgan fingerprint density at radius 2 is 1.74 bits per heavy atom. The van der Waals surface area contributed by atoms with E-state index in [0.29, 0.717) is 5.92 Å². The summed E-state index contributed by atoms with van der Waals surface area (Å²) in [5.74, 6) is 0.297. The minimum absolute atomic E-state index is 0.297. The molecule has 2 heteroatoms. The predicted molar refractivity (Wildman–Crippen MR) is 80.2 cm³/mol. The standard InChI is InChI=1S/C17H27NO/c1-3-15-7-9-16(10-8-15)17(19)14(2)13-18-11-5-4-6-12-18/h7-10,14,17,19H,3-6,11-13H2,1-2H3. The molecule has 106 valence electrons. The van der Waals surface area contributed by atoms with Crippen LogP contribution in [-0.2, 0) is 6.42 Å². The number of nitrogens with zero attached hydrogens (tertiary/aromatic N) is 1. The number of hydrogen-bond acceptors (Lipinski definition) is 2. The van der Waals surface area contributed by atoms with Crippen LogP contribution in [0.5, 0.6) is 0 Å². The van der Waals surface area contributed by atoms with Gasteiger partial charge in [-0.05, 0) is 49.4 Å². The Balaban J connectivity index is 1.91. The van der Waals surface area contributed by atoms with Crippen LogP contribution in [0.3, 0.4) is 0 Å². The minimum Gasteiger partial charge on any atom is -0.388 e. The zero-order valence-electron chi connectivity index (χ0n) is 12.3. The number of piperidine rings is 1. The number of likely N-dealkylation sites (tertiary alicyclic amines) is 1. The lowest BCUT2D eigenvalue weighted by Gasteiger charge is -2.31. The number of rotatable bonds is 5. The summed E-state index contributed by atoms with van der Waals surface area (Å²) in [7, 11) is 0. The maximum Gasteiger partial charge on any atom is 0.0827 e. The Morgan fingerprint density at radius 3 is 2.32 bits per heavy atom. The van der Waals surface area contributed by atoms with E-state index < -0.39 is 0 Å². The van der Waals surface area contributed by atoms with Crippen molar-refractivity contribution in [3.05, 3.63) is 35.4 Å². The molecule has 0 saturated carbocycles. The molecule has 1 aromatic rings. The van der Waals surface area contributed by atoms with E-state index >= 15 is 0 Å². The van der Waals surface area contributed by atoms with Crippen LogP contribution in [0.2, 0.25) is 0 Å². The van der Waals surface area contributed by atoms with Crippen molar-refractivity contribution in [2.45, 2.75) is 45.6 Å². The molecule has 2 nitrogen and oxygen atoms in total. The maximum absolute atomic E-state index is 10.5. The van der Waals surface area contributed by atoms with Crippen molar-refractivity contribution in [2.24, 2.45) is 5.92 Å². The first-order valence-electron chi connectivity index (χ1n) is 7.70. The third-order valence-electron chi connectivity index (χ3n) is 4.26. The van der Waals surface area contributed by atoms with Crippen molar-refractivity contribution in [1.82, 2.24) is 4.90 Å². The van der Waals surface area contributed by atoms with Crippen molar-refractivity contribution < 1.29 is 5.11 Å². The fourth-order valence-corrected chi connectivity index (χ4v) is 2.93. The largest absolute Gasteiger partial charge is 0.388 e. The number of hydrogen-bond donors (Lipinski definition) is 1. The summed E-state index contributed by atoms with van der Waals surface area (Å²) >= 11 is 0. The molecule has 1 heterocycles. The van der Waals surface area contributed by atoms with Gasteiger partial charge in [0.2, 0.25) is 0 Å². The van der Waals surface area contributed by atoms with Crippen molar-refractivity contribution in [2.75, 3.05) is 19.6 Å². The zero-order chi connectivity index (χ0) is 13.7. The van der Waals surface area contributed by atoms with Crippen LogP contribution in [0.1, 0.15) is 50.3 Å². The normalized spacial score (nSPS) is 20.2. The molecule has 1 N–H and O–H groups in total. The second-order valence-corrected chi connectivity index (χ2v) is 5.88. The fraction of sp³-hybridized carbons (Fsp3) is 0.647. The molecule has 0 aliphatic carbocycles. The number of aliphatic hydroxyl groups is 1. The molecule has 1 aromatic carbocycles. The van der Waals surface area contributed by atoms with Gasteiger partial charge in [0.1, 0.15) is 0 Å². The van der Waals surface area contributed by atoms with Crippen LogP contribution in [0.15, 0.2) is 24.3 Å². The SMILES string of the molecule is CCc1ccc(C(O)C(C)CN2CCCCC2)cc1. The summed E-state index contributed by atoms with van der Waals surface area (Å²) in [5.41, 5.74) is 2.39. The van der Waals surface area contributed by atoms with E-state index in [1.165, 1.54) is 37.9 Å². The van der Waals surface area contributed by atoms with Gasteiger partial charge in [0, 0.05) is 6.54 Å². The van der Waals surface area contributed by atoms with Crippen LogP contribution in [0.4, 0.5) is 0 Å². The van der Waals surface area contributed by atoms with Crippen molar-refractivity contribution in [3.63, 3.8) is 0 Å². The first-order chi connectivity index (χ1) is 9.20. The van der Waals surface area contributed by atoms with E-state index in [-0.39, 0.29) is 6.10 Å². The van der Waals surface area contributed by atoms with Gasteiger partial charge in [0.25, 0.3) is 0 Å². The zero-order valence-corrected chi connectivity index (χ0v) is 12.3. The molecule has 1 aliphatic rings. The molecule has 1 aliphatic heterocycles. The summed E-state index contributed by atoms with van der Waals surface area (Å²) in [6, 6.07) is 8.42. The molecule has 1 saturated heterocycles. The first kappa shape index (κ1) is 14.5.